The minimum Gasteiger partial charge on any atom is -0.493 e. The number of hydrogen-bond acceptors (Lipinski definition) is 7. The molecule has 0 aromatic heterocycles. The monoisotopic (exact) mass is 525 g/mol. The number of hydrogen-bond donors (Lipinski definition) is 3. The molecule has 3 N–H and O–H groups in total. The highest BCUT2D eigenvalue weighted by molar-refractivity contribution is 5.70. The van der Waals surface area contributed by atoms with E-state index in [4.69, 9.17) is 18.9 Å². The van der Waals surface area contributed by atoms with Gasteiger partial charge in [0.15, 0.2) is 11.5 Å². The summed E-state index contributed by atoms with van der Waals surface area (Å²) in [5.41, 5.74) is 0.333. The Kier molecular flexibility index (Phi) is 13.8. The summed E-state index contributed by atoms with van der Waals surface area (Å²) in [5.74, 6) is -0.159. The van der Waals surface area contributed by atoms with Crippen molar-refractivity contribution in [3.8, 4) is 11.5 Å². The second-order valence-corrected chi connectivity index (χ2v) is 10.9. The number of carbonyl (C=O) groups is 2. The first-order valence-corrected chi connectivity index (χ1v) is 13.0. The van der Waals surface area contributed by atoms with E-state index < -0.39 is 35.7 Å². The minimum absolute atomic E-state index is 0.0165. The number of carbonyl (C=O) groups excluding carboxylic acids is 1. The third-order valence-electron chi connectivity index (χ3n) is 6.16. The molecule has 1 rings (SSSR count). The van der Waals surface area contributed by atoms with Gasteiger partial charge in [-0.2, -0.15) is 0 Å². The first kappa shape index (κ1) is 32.5. The molecule has 37 heavy (non-hydrogen) atoms. The van der Waals surface area contributed by atoms with Gasteiger partial charge in [0.25, 0.3) is 0 Å². The summed E-state index contributed by atoms with van der Waals surface area (Å²) in [7, 11) is 3.25. The number of nitrogens with one attached hydrogen (secondary N) is 1. The van der Waals surface area contributed by atoms with Gasteiger partial charge in [0, 0.05) is 20.1 Å². The number of aliphatic hydroxyl groups excluding tert-OH is 1. The van der Waals surface area contributed by atoms with Crippen LogP contribution in [-0.2, 0) is 20.7 Å². The summed E-state index contributed by atoms with van der Waals surface area (Å²) in [5, 5.41) is 23.1. The van der Waals surface area contributed by atoms with E-state index in [2.05, 4.69) is 19.2 Å². The van der Waals surface area contributed by atoms with Crippen LogP contribution in [0.4, 0.5) is 4.79 Å². The Morgan fingerprint density at radius 3 is 2.24 bits per heavy atom. The molecule has 0 aliphatic carbocycles. The SMILES string of the molecule is COCCCOc1cc(C[C@H](C[C@H](NC(=O)OC(C)(C)C)[C@@H](O)C[C@@H](C)C(=O)O)C(C)C)ccc1OC. The van der Waals surface area contributed by atoms with Crippen LogP contribution >= 0.6 is 0 Å². The van der Waals surface area contributed by atoms with Crippen molar-refractivity contribution in [2.24, 2.45) is 17.8 Å². The average molecular weight is 526 g/mol. The lowest BCUT2D eigenvalue weighted by molar-refractivity contribution is -0.142. The van der Waals surface area contributed by atoms with Crippen molar-refractivity contribution in [3.63, 3.8) is 0 Å². The van der Waals surface area contributed by atoms with Crippen molar-refractivity contribution < 1.29 is 38.7 Å². The Labute approximate surface area is 221 Å². The van der Waals surface area contributed by atoms with Gasteiger partial charge >= 0.3 is 12.1 Å². The maximum atomic E-state index is 12.6. The van der Waals surface area contributed by atoms with Crippen LogP contribution in [0.2, 0.25) is 0 Å². The largest absolute Gasteiger partial charge is 0.493 e. The molecule has 4 atom stereocenters. The van der Waals surface area contributed by atoms with Gasteiger partial charge in [-0.05, 0) is 69.6 Å². The summed E-state index contributed by atoms with van der Waals surface area (Å²) < 4.78 is 21.9. The van der Waals surface area contributed by atoms with E-state index in [0.717, 1.165) is 12.0 Å². The summed E-state index contributed by atoms with van der Waals surface area (Å²) in [6.45, 7) is 12.1. The van der Waals surface area contributed by atoms with Crippen LogP contribution in [0, 0.1) is 17.8 Å². The Morgan fingerprint density at radius 2 is 1.70 bits per heavy atom. The van der Waals surface area contributed by atoms with Crippen molar-refractivity contribution in [1.82, 2.24) is 5.32 Å². The molecule has 1 aromatic rings. The number of aliphatic carboxylic acids is 1. The zero-order valence-corrected chi connectivity index (χ0v) is 23.7. The predicted molar refractivity (Wildman–Crippen MR) is 142 cm³/mol. The average Bonchev–Trinajstić information content (AvgIpc) is 2.79. The highest BCUT2D eigenvalue weighted by Gasteiger charge is 2.31. The number of carboxylic acid groups (broad SMARTS) is 1. The first-order chi connectivity index (χ1) is 17.3. The molecule has 0 bridgehead atoms. The van der Waals surface area contributed by atoms with Crippen LogP contribution in [0.5, 0.6) is 11.5 Å². The van der Waals surface area contributed by atoms with Gasteiger partial charge in [0.2, 0.25) is 0 Å². The number of aliphatic hydroxyl groups is 1. The van der Waals surface area contributed by atoms with Gasteiger partial charge in [0.1, 0.15) is 5.60 Å². The molecule has 0 saturated heterocycles. The van der Waals surface area contributed by atoms with E-state index in [-0.39, 0.29) is 18.3 Å². The molecule has 0 radical (unpaired) electrons. The third-order valence-corrected chi connectivity index (χ3v) is 6.16. The van der Waals surface area contributed by atoms with Crippen molar-refractivity contribution in [3.05, 3.63) is 23.8 Å². The molecule has 0 fully saturated rings. The normalized spacial score (nSPS) is 15.0. The quantitative estimate of drug-likeness (QED) is 0.266. The van der Waals surface area contributed by atoms with E-state index in [1.54, 1.807) is 41.9 Å². The van der Waals surface area contributed by atoms with E-state index >= 15 is 0 Å². The minimum atomic E-state index is -1.05. The van der Waals surface area contributed by atoms with Crippen LogP contribution < -0.4 is 14.8 Å². The molecule has 0 spiro atoms. The molecular formula is C28H47NO8. The maximum Gasteiger partial charge on any atom is 0.407 e. The number of benzene rings is 1. The molecule has 0 aliphatic rings. The number of ether oxygens (including phenoxy) is 4. The smallest absolute Gasteiger partial charge is 0.407 e. The van der Waals surface area contributed by atoms with Crippen molar-refractivity contribution in [2.45, 2.75) is 85.0 Å². The molecule has 212 valence electrons. The van der Waals surface area contributed by atoms with Crippen LogP contribution in [0.3, 0.4) is 0 Å². The fraction of sp³-hybridized carbons (Fsp3) is 0.714. The molecule has 0 unspecified atom stereocenters. The second kappa shape index (κ2) is 15.7. The van der Waals surface area contributed by atoms with Gasteiger partial charge in [-0.15, -0.1) is 0 Å². The first-order valence-electron chi connectivity index (χ1n) is 13.0. The van der Waals surface area contributed by atoms with Crippen molar-refractivity contribution in [2.75, 3.05) is 27.4 Å². The fourth-order valence-electron chi connectivity index (χ4n) is 3.96. The molecule has 9 nitrogen and oxygen atoms in total. The number of carboxylic acids is 1. The van der Waals surface area contributed by atoms with Gasteiger partial charge in [-0.3, -0.25) is 4.79 Å². The molecule has 9 heteroatoms. The lowest BCUT2D eigenvalue weighted by Crippen LogP contribution is -2.47. The summed E-state index contributed by atoms with van der Waals surface area (Å²) in [6.07, 6.45) is 0.199. The van der Waals surface area contributed by atoms with E-state index in [1.807, 2.05) is 18.2 Å². The summed E-state index contributed by atoms with van der Waals surface area (Å²) in [4.78, 5) is 23.9. The molecule has 1 aromatic carbocycles. The Balaban J connectivity index is 3.10. The highest BCUT2D eigenvalue weighted by atomic mass is 16.6. The standard InChI is InChI=1S/C28H47NO8/c1-18(2)21(15-20-10-11-24(35-8)25(16-20)36-13-9-12-34-7)17-22(23(30)14-19(3)26(31)32)29-27(33)37-28(4,5)6/h10-11,16,18-19,21-23,30H,9,12-15,17H2,1-8H3,(H,29,33)(H,31,32)/t19-,21-,22+,23+/m1/s1. The molecular weight excluding hydrogens is 478 g/mol. The van der Waals surface area contributed by atoms with Crippen LogP contribution in [0.1, 0.15) is 66.4 Å². The number of alkyl carbamates (subject to hydrolysis) is 1. The Bertz CT molecular complexity index is 836. The van der Waals surface area contributed by atoms with Gasteiger partial charge in [-0.25, -0.2) is 4.79 Å². The number of methoxy groups -OCH3 is 2. The van der Waals surface area contributed by atoms with Gasteiger partial charge in [0.05, 0.1) is 31.8 Å². The van der Waals surface area contributed by atoms with E-state index in [0.29, 0.717) is 37.6 Å². The third kappa shape index (κ3) is 12.5. The topological polar surface area (TPSA) is 124 Å². The lowest BCUT2D eigenvalue weighted by Gasteiger charge is -2.32. The van der Waals surface area contributed by atoms with Crippen molar-refractivity contribution in [1.29, 1.82) is 0 Å². The van der Waals surface area contributed by atoms with Gasteiger partial charge in [-0.1, -0.05) is 26.8 Å². The summed E-state index contributed by atoms with van der Waals surface area (Å²) >= 11 is 0. The Morgan fingerprint density at radius 1 is 1.03 bits per heavy atom. The number of amides is 1. The predicted octanol–water partition coefficient (Wildman–Crippen LogP) is 4.68. The number of rotatable bonds is 16. The zero-order chi connectivity index (χ0) is 28.2. The van der Waals surface area contributed by atoms with Crippen LogP contribution in [0.15, 0.2) is 18.2 Å². The fourth-order valence-corrected chi connectivity index (χ4v) is 3.96. The van der Waals surface area contributed by atoms with Crippen LogP contribution in [0.25, 0.3) is 0 Å². The summed E-state index contributed by atoms with van der Waals surface area (Å²) in [6, 6.07) is 5.14. The Hall–Kier alpha value is -2.52. The molecule has 0 saturated carbocycles. The second-order valence-electron chi connectivity index (χ2n) is 10.9. The highest BCUT2D eigenvalue weighted by Crippen LogP contribution is 2.32. The zero-order valence-electron chi connectivity index (χ0n) is 23.7. The van der Waals surface area contributed by atoms with E-state index in [1.165, 1.54) is 0 Å². The van der Waals surface area contributed by atoms with Crippen LogP contribution in [-0.4, -0.2) is 67.5 Å². The van der Waals surface area contributed by atoms with Crippen molar-refractivity contribution >= 4 is 12.1 Å². The molecule has 0 heterocycles. The maximum absolute atomic E-state index is 12.6. The van der Waals surface area contributed by atoms with Gasteiger partial charge < -0.3 is 34.5 Å². The van der Waals surface area contributed by atoms with E-state index in [9.17, 15) is 19.8 Å². The molecule has 1 amide bonds. The lowest BCUT2D eigenvalue weighted by atomic mass is 9.82. The molecule has 0 aliphatic heterocycles.